The third-order valence-electron chi connectivity index (χ3n) is 4.96. The first-order chi connectivity index (χ1) is 11.6. The van der Waals surface area contributed by atoms with Gasteiger partial charge >= 0.3 is 0 Å². The van der Waals surface area contributed by atoms with Crippen molar-refractivity contribution in [3.63, 3.8) is 0 Å². The molecule has 0 bridgehead atoms. The lowest BCUT2D eigenvalue weighted by atomic mass is 10.1. The average Bonchev–Trinajstić information content (AvgIpc) is 2.60. The summed E-state index contributed by atoms with van der Waals surface area (Å²) in [4.78, 5) is 7.20. The van der Waals surface area contributed by atoms with Crippen LogP contribution in [0.25, 0.3) is 0 Å². The van der Waals surface area contributed by atoms with E-state index in [0.717, 1.165) is 80.9 Å². The summed E-state index contributed by atoms with van der Waals surface area (Å²) in [6.07, 6.45) is 0. The molecule has 1 N–H and O–H groups in total. The fourth-order valence-corrected chi connectivity index (χ4v) is 3.63. The van der Waals surface area contributed by atoms with Crippen LogP contribution in [-0.4, -0.2) is 82.4 Å². The molecule has 3 rings (SSSR count). The first-order valence-electron chi connectivity index (χ1n) is 8.93. The van der Waals surface area contributed by atoms with E-state index in [0.29, 0.717) is 6.61 Å². The summed E-state index contributed by atoms with van der Waals surface area (Å²) < 4.78 is 6.23. The zero-order valence-electron chi connectivity index (χ0n) is 14.9. The quantitative estimate of drug-likeness (QED) is 0.871. The Balaban J connectivity index is 1.64. The molecule has 5 nitrogen and oxygen atoms in total. The number of nitrogens with zero attached hydrogens (tertiary/aromatic N) is 3. The third kappa shape index (κ3) is 4.33. The van der Waals surface area contributed by atoms with Crippen molar-refractivity contribution >= 4 is 17.3 Å². The molecule has 0 amide bonds. The van der Waals surface area contributed by atoms with Gasteiger partial charge in [-0.15, -0.1) is 0 Å². The summed E-state index contributed by atoms with van der Waals surface area (Å²) in [5, 5.41) is 4.18. The van der Waals surface area contributed by atoms with Crippen molar-refractivity contribution in [2.75, 3.05) is 77.5 Å². The van der Waals surface area contributed by atoms with Gasteiger partial charge in [0.15, 0.2) is 0 Å². The second-order valence-corrected chi connectivity index (χ2v) is 7.18. The van der Waals surface area contributed by atoms with Crippen molar-refractivity contribution in [3.8, 4) is 5.75 Å². The van der Waals surface area contributed by atoms with Gasteiger partial charge in [-0.1, -0.05) is 17.7 Å². The molecule has 0 spiro atoms. The van der Waals surface area contributed by atoms with E-state index in [2.05, 4.69) is 40.1 Å². The maximum Gasteiger partial charge on any atom is 0.147 e. The van der Waals surface area contributed by atoms with Crippen LogP contribution >= 0.6 is 11.6 Å². The zero-order valence-corrected chi connectivity index (χ0v) is 15.6. The number of halogens is 1. The van der Waals surface area contributed by atoms with Crippen LogP contribution < -0.4 is 15.0 Å². The Morgan fingerprint density at radius 3 is 2.50 bits per heavy atom. The number of piperazine rings is 2. The molecule has 2 aliphatic heterocycles. The summed E-state index contributed by atoms with van der Waals surface area (Å²) in [6, 6.07) is 4.04. The Bertz CT molecular complexity index is 540. The van der Waals surface area contributed by atoms with E-state index in [1.54, 1.807) is 0 Å². The van der Waals surface area contributed by atoms with E-state index in [9.17, 15) is 0 Å². The Morgan fingerprint density at radius 1 is 1.08 bits per heavy atom. The Hall–Kier alpha value is -1.01. The van der Waals surface area contributed by atoms with Crippen LogP contribution in [-0.2, 0) is 0 Å². The van der Waals surface area contributed by atoms with Crippen molar-refractivity contribution in [3.05, 3.63) is 22.7 Å². The van der Waals surface area contributed by atoms with Gasteiger partial charge < -0.3 is 19.9 Å². The highest BCUT2D eigenvalue weighted by Gasteiger charge is 2.20. The van der Waals surface area contributed by atoms with E-state index in [4.69, 9.17) is 16.3 Å². The fraction of sp³-hybridized carbons (Fsp3) is 0.667. The number of benzene rings is 1. The van der Waals surface area contributed by atoms with Crippen molar-refractivity contribution in [1.82, 2.24) is 15.1 Å². The lowest BCUT2D eigenvalue weighted by molar-refractivity contribution is 0.133. The number of hydrogen-bond acceptors (Lipinski definition) is 5. The normalized spacial score (nSPS) is 20.4. The number of nitrogens with one attached hydrogen (secondary N) is 1. The monoisotopic (exact) mass is 352 g/mol. The van der Waals surface area contributed by atoms with Crippen molar-refractivity contribution in [2.45, 2.75) is 6.92 Å². The molecule has 2 aliphatic rings. The van der Waals surface area contributed by atoms with Crippen molar-refractivity contribution < 1.29 is 4.74 Å². The van der Waals surface area contributed by atoms with Crippen LogP contribution in [0.3, 0.4) is 0 Å². The first-order valence-corrected chi connectivity index (χ1v) is 9.31. The lowest BCUT2D eigenvalue weighted by Crippen LogP contribution is -2.45. The highest BCUT2D eigenvalue weighted by atomic mass is 35.5. The van der Waals surface area contributed by atoms with Crippen molar-refractivity contribution in [1.29, 1.82) is 0 Å². The molecule has 2 heterocycles. The largest absolute Gasteiger partial charge is 0.490 e. The molecular weight excluding hydrogens is 324 g/mol. The van der Waals surface area contributed by atoms with E-state index >= 15 is 0 Å². The lowest BCUT2D eigenvalue weighted by Gasteiger charge is -2.33. The molecule has 0 aromatic heterocycles. The van der Waals surface area contributed by atoms with Gasteiger partial charge in [-0.05, 0) is 25.6 Å². The summed E-state index contributed by atoms with van der Waals surface area (Å²) >= 11 is 6.52. The molecule has 2 saturated heterocycles. The van der Waals surface area contributed by atoms with Gasteiger partial charge in [-0.3, -0.25) is 4.90 Å². The summed E-state index contributed by atoms with van der Waals surface area (Å²) in [5.41, 5.74) is 2.22. The summed E-state index contributed by atoms with van der Waals surface area (Å²) in [7, 11) is 2.18. The smallest absolute Gasteiger partial charge is 0.147 e. The highest BCUT2D eigenvalue weighted by molar-refractivity contribution is 6.33. The zero-order chi connectivity index (χ0) is 16.9. The van der Waals surface area contributed by atoms with Gasteiger partial charge in [0, 0.05) is 58.9 Å². The molecule has 0 unspecified atom stereocenters. The van der Waals surface area contributed by atoms with Crippen LogP contribution in [0.1, 0.15) is 5.56 Å². The van der Waals surface area contributed by atoms with Crippen LogP contribution in [0.5, 0.6) is 5.75 Å². The van der Waals surface area contributed by atoms with Gasteiger partial charge in [-0.25, -0.2) is 0 Å². The maximum atomic E-state index is 6.52. The van der Waals surface area contributed by atoms with Gasteiger partial charge in [-0.2, -0.15) is 0 Å². The molecule has 0 saturated carbocycles. The summed E-state index contributed by atoms with van der Waals surface area (Å²) in [5.74, 6) is 0.957. The minimum atomic E-state index is 0.712. The molecule has 1 aromatic carbocycles. The SMILES string of the molecule is Cc1ccc(Cl)c(N2CCNCC2)c1OCCN1CCN(C)CC1. The maximum absolute atomic E-state index is 6.52. The van der Waals surface area contributed by atoms with Crippen LogP contribution in [0.4, 0.5) is 5.69 Å². The first kappa shape index (κ1) is 17.8. The van der Waals surface area contributed by atoms with Crippen molar-refractivity contribution in [2.24, 2.45) is 0 Å². The summed E-state index contributed by atoms with van der Waals surface area (Å²) in [6.45, 7) is 12.2. The predicted octanol–water partition coefficient (Wildman–Crippen LogP) is 1.68. The van der Waals surface area contributed by atoms with Crippen LogP contribution in [0.2, 0.25) is 5.02 Å². The van der Waals surface area contributed by atoms with E-state index in [1.807, 2.05) is 6.07 Å². The molecule has 24 heavy (non-hydrogen) atoms. The molecular formula is C18H29ClN4O. The van der Waals surface area contributed by atoms with E-state index < -0.39 is 0 Å². The van der Waals surface area contributed by atoms with Gasteiger partial charge in [0.05, 0.1) is 10.7 Å². The van der Waals surface area contributed by atoms with Gasteiger partial charge in [0.2, 0.25) is 0 Å². The molecule has 2 fully saturated rings. The van der Waals surface area contributed by atoms with Crippen LogP contribution in [0, 0.1) is 6.92 Å². The Morgan fingerprint density at radius 2 is 1.79 bits per heavy atom. The van der Waals surface area contributed by atoms with Gasteiger partial charge in [0.25, 0.3) is 0 Å². The molecule has 134 valence electrons. The van der Waals surface area contributed by atoms with E-state index in [1.165, 1.54) is 0 Å². The number of rotatable bonds is 5. The number of aryl methyl sites for hydroxylation is 1. The number of likely N-dealkylation sites (N-methyl/N-ethyl adjacent to an activating group) is 1. The molecule has 6 heteroatoms. The minimum absolute atomic E-state index is 0.712. The average molecular weight is 353 g/mol. The molecule has 1 aromatic rings. The topological polar surface area (TPSA) is 31.0 Å². The fourth-order valence-electron chi connectivity index (χ4n) is 3.36. The van der Waals surface area contributed by atoms with E-state index in [-0.39, 0.29) is 0 Å². The van der Waals surface area contributed by atoms with Crippen LogP contribution in [0.15, 0.2) is 12.1 Å². The minimum Gasteiger partial charge on any atom is -0.490 e. The standard InChI is InChI=1S/C18H29ClN4O/c1-15-3-4-16(19)17(23-7-5-20-6-8-23)18(15)24-14-13-22-11-9-21(2)10-12-22/h3-4,20H,5-14H2,1-2H3. The molecule has 0 atom stereocenters. The van der Waals surface area contributed by atoms with Gasteiger partial charge in [0.1, 0.15) is 12.4 Å². The molecule has 0 aliphatic carbocycles. The highest BCUT2D eigenvalue weighted by Crippen LogP contribution is 2.38. The predicted molar refractivity (Wildman–Crippen MR) is 101 cm³/mol. The second-order valence-electron chi connectivity index (χ2n) is 6.77. The number of ether oxygens (including phenoxy) is 1. The number of anilines is 1. The Labute approximate surface area is 150 Å². The molecule has 0 radical (unpaired) electrons. The second kappa shape index (κ2) is 8.39. The third-order valence-corrected chi connectivity index (χ3v) is 5.27. The number of hydrogen-bond donors (Lipinski definition) is 1. The Kier molecular flexibility index (Phi) is 6.22.